The molecule has 0 bridgehead atoms. The standard InChI is InChI=1S/C22H16ClN3/c23-17-12-10-16(11-13-17)22-25-20-9-5-4-8-18(20)21(26-22)19(24)14-15-6-2-1-3-7-15/h1-13,19H,14H2. The lowest BCUT2D eigenvalue weighted by Crippen LogP contribution is -2.09. The summed E-state index contributed by atoms with van der Waals surface area (Å²) in [6.45, 7) is 0. The van der Waals surface area contributed by atoms with Gasteiger partial charge in [-0.15, -0.1) is 5.73 Å². The SMILES string of the molecule is [N]C(Cc1ccccc1)c1nc(-c2ccc(Cl)cc2)nc2ccccc12. The highest BCUT2D eigenvalue weighted by atomic mass is 35.5. The quantitative estimate of drug-likeness (QED) is 0.497. The lowest BCUT2D eigenvalue weighted by Gasteiger charge is -2.14. The molecule has 0 saturated heterocycles. The van der Waals surface area contributed by atoms with Crippen molar-refractivity contribution in [2.45, 2.75) is 12.5 Å². The molecule has 0 saturated carbocycles. The van der Waals surface area contributed by atoms with Crippen LogP contribution in [-0.2, 0) is 6.42 Å². The van der Waals surface area contributed by atoms with Gasteiger partial charge in [0.1, 0.15) is 0 Å². The molecule has 2 radical (unpaired) electrons. The van der Waals surface area contributed by atoms with Crippen molar-refractivity contribution in [1.29, 1.82) is 0 Å². The Labute approximate surface area is 157 Å². The number of aromatic nitrogens is 2. The van der Waals surface area contributed by atoms with Crippen LogP contribution in [0.4, 0.5) is 0 Å². The van der Waals surface area contributed by atoms with Crippen LogP contribution in [0.1, 0.15) is 17.3 Å². The Bertz CT molecular complexity index is 1030. The molecule has 4 rings (SSSR count). The van der Waals surface area contributed by atoms with E-state index in [1.165, 1.54) is 0 Å². The minimum atomic E-state index is -0.712. The Balaban J connectivity index is 1.80. The minimum absolute atomic E-state index is 0.502. The lowest BCUT2D eigenvalue weighted by atomic mass is 10.0. The highest BCUT2D eigenvalue weighted by Gasteiger charge is 2.17. The lowest BCUT2D eigenvalue weighted by molar-refractivity contribution is 0.680. The van der Waals surface area contributed by atoms with Gasteiger partial charge in [-0.05, 0) is 42.3 Å². The predicted octanol–water partition coefficient (Wildman–Crippen LogP) is 5.30. The maximum absolute atomic E-state index is 10.9. The van der Waals surface area contributed by atoms with E-state index in [4.69, 9.17) is 16.6 Å². The third kappa shape index (κ3) is 3.45. The van der Waals surface area contributed by atoms with Crippen LogP contribution in [0.25, 0.3) is 22.3 Å². The second-order valence-electron chi connectivity index (χ2n) is 6.16. The van der Waals surface area contributed by atoms with E-state index in [2.05, 4.69) is 4.98 Å². The molecule has 0 N–H and O–H groups in total. The summed E-state index contributed by atoms with van der Waals surface area (Å²) in [5.41, 5.74) is 14.3. The molecule has 1 atom stereocenters. The second-order valence-corrected chi connectivity index (χ2v) is 6.60. The number of halogens is 1. The minimum Gasteiger partial charge on any atom is -0.231 e. The maximum Gasteiger partial charge on any atom is 0.160 e. The maximum atomic E-state index is 10.9. The summed E-state index contributed by atoms with van der Waals surface area (Å²) in [7, 11) is 0. The van der Waals surface area contributed by atoms with Gasteiger partial charge in [0.25, 0.3) is 0 Å². The molecular weight excluding hydrogens is 342 g/mol. The number of para-hydroxylation sites is 1. The van der Waals surface area contributed by atoms with Gasteiger partial charge in [0.2, 0.25) is 0 Å². The molecule has 126 valence electrons. The first-order valence-electron chi connectivity index (χ1n) is 8.45. The van der Waals surface area contributed by atoms with Crippen LogP contribution in [0.2, 0.25) is 5.02 Å². The van der Waals surface area contributed by atoms with Crippen molar-refractivity contribution < 1.29 is 0 Å². The largest absolute Gasteiger partial charge is 0.231 e. The monoisotopic (exact) mass is 357 g/mol. The van der Waals surface area contributed by atoms with Crippen molar-refractivity contribution >= 4 is 22.5 Å². The number of fused-ring (bicyclic) bond motifs is 1. The number of hydrogen-bond acceptors (Lipinski definition) is 2. The molecule has 3 nitrogen and oxygen atoms in total. The van der Waals surface area contributed by atoms with E-state index >= 15 is 0 Å². The predicted molar refractivity (Wildman–Crippen MR) is 105 cm³/mol. The summed E-state index contributed by atoms with van der Waals surface area (Å²) in [5, 5.41) is 1.53. The van der Waals surface area contributed by atoms with Crippen LogP contribution in [0.5, 0.6) is 0 Å². The van der Waals surface area contributed by atoms with Gasteiger partial charge in [0, 0.05) is 16.0 Å². The Kier molecular flexibility index (Phi) is 4.65. The van der Waals surface area contributed by atoms with Crippen LogP contribution in [0, 0.1) is 0 Å². The normalized spacial score (nSPS) is 12.2. The highest BCUT2D eigenvalue weighted by Crippen LogP contribution is 2.27. The highest BCUT2D eigenvalue weighted by molar-refractivity contribution is 6.30. The third-order valence-electron chi connectivity index (χ3n) is 4.32. The van der Waals surface area contributed by atoms with Crippen molar-refractivity contribution in [3.63, 3.8) is 0 Å². The van der Waals surface area contributed by atoms with Crippen LogP contribution in [0.3, 0.4) is 0 Å². The van der Waals surface area contributed by atoms with E-state index in [1.807, 2.05) is 78.9 Å². The molecule has 4 heteroatoms. The molecule has 0 fully saturated rings. The molecule has 3 aromatic carbocycles. The van der Waals surface area contributed by atoms with Crippen molar-refractivity contribution in [3.05, 3.63) is 95.1 Å². The molecule has 4 aromatic rings. The van der Waals surface area contributed by atoms with Gasteiger partial charge in [0.15, 0.2) is 5.82 Å². The average molecular weight is 358 g/mol. The fraction of sp³-hybridized carbons (Fsp3) is 0.0909. The van der Waals surface area contributed by atoms with E-state index in [1.54, 1.807) is 0 Å². The number of nitrogens with zero attached hydrogens (tertiary/aromatic N) is 3. The van der Waals surface area contributed by atoms with E-state index in [-0.39, 0.29) is 0 Å². The van der Waals surface area contributed by atoms with Crippen LogP contribution >= 0.6 is 11.6 Å². The molecule has 26 heavy (non-hydrogen) atoms. The zero-order chi connectivity index (χ0) is 17.9. The first kappa shape index (κ1) is 16.7. The van der Waals surface area contributed by atoms with Crippen molar-refractivity contribution in [1.82, 2.24) is 15.7 Å². The van der Waals surface area contributed by atoms with E-state index < -0.39 is 6.04 Å². The Morgan fingerprint density at radius 3 is 2.27 bits per heavy atom. The van der Waals surface area contributed by atoms with Gasteiger partial charge in [-0.25, -0.2) is 9.97 Å². The smallest absolute Gasteiger partial charge is 0.160 e. The van der Waals surface area contributed by atoms with E-state index in [9.17, 15) is 5.73 Å². The van der Waals surface area contributed by atoms with Crippen molar-refractivity contribution in [2.75, 3.05) is 0 Å². The van der Waals surface area contributed by atoms with Gasteiger partial charge >= 0.3 is 0 Å². The zero-order valence-electron chi connectivity index (χ0n) is 14.0. The third-order valence-corrected chi connectivity index (χ3v) is 4.57. The average Bonchev–Trinajstić information content (AvgIpc) is 2.68. The first-order valence-corrected chi connectivity index (χ1v) is 8.83. The van der Waals surface area contributed by atoms with E-state index in [0.717, 1.165) is 22.0 Å². The number of hydrogen-bond donors (Lipinski definition) is 0. The molecule has 0 aliphatic carbocycles. The molecule has 1 unspecified atom stereocenters. The Morgan fingerprint density at radius 2 is 1.50 bits per heavy atom. The van der Waals surface area contributed by atoms with Crippen molar-refractivity contribution in [2.24, 2.45) is 0 Å². The molecule has 0 amide bonds. The van der Waals surface area contributed by atoms with Gasteiger partial charge in [0.05, 0.1) is 17.3 Å². The van der Waals surface area contributed by atoms with Gasteiger partial charge in [-0.2, -0.15) is 0 Å². The summed E-state index contributed by atoms with van der Waals surface area (Å²) in [6.07, 6.45) is 0.502. The van der Waals surface area contributed by atoms with Gasteiger partial charge in [-0.3, -0.25) is 0 Å². The Morgan fingerprint density at radius 1 is 0.808 bits per heavy atom. The summed E-state index contributed by atoms with van der Waals surface area (Å²) in [4.78, 5) is 9.35. The molecule has 0 aliphatic heterocycles. The van der Waals surface area contributed by atoms with Crippen molar-refractivity contribution in [3.8, 4) is 11.4 Å². The fourth-order valence-corrected chi connectivity index (χ4v) is 3.14. The number of rotatable bonds is 4. The van der Waals surface area contributed by atoms with Gasteiger partial charge < -0.3 is 0 Å². The van der Waals surface area contributed by atoms with E-state index in [0.29, 0.717) is 23.0 Å². The van der Waals surface area contributed by atoms with Crippen LogP contribution < -0.4 is 5.73 Å². The summed E-state index contributed by atoms with van der Waals surface area (Å²) >= 11 is 5.99. The molecule has 1 aromatic heterocycles. The summed E-state index contributed by atoms with van der Waals surface area (Å²) in [6, 6.07) is 24.4. The zero-order valence-corrected chi connectivity index (χ0v) is 14.8. The molecular formula is C22H16ClN3. The first-order chi connectivity index (χ1) is 12.7. The van der Waals surface area contributed by atoms with Crippen LogP contribution in [-0.4, -0.2) is 9.97 Å². The second kappa shape index (κ2) is 7.24. The summed E-state index contributed by atoms with van der Waals surface area (Å²) in [5.74, 6) is 0.586. The topological polar surface area (TPSA) is 48.1 Å². The Hall–Kier alpha value is -2.75. The number of benzene rings is 3. The molecule has 1 heterocycles. The van der Waals surface area contributed by atoms with Crippen LogP contribution in [0.15, 0.2) is 78.9 Å². The van der Waals surface area contributed by atoms with Gasteiger partial charge in [-0.1, -0.05) is 60.1 Å². The molecule has 0 aliphatic rings. The summed E-state index contributed by atoms with van der Waals surface area (Å²) < 4.78 is 0. The molecule has 0 spiro atoms. The fourth-order valence-electron chi connectivity index (χ4n) is 3.02.